The summed E-state index contributed by atoms with van der Waals surface area (Å²) in [7, 11) is -12.0. The topological polar surface area (TPSA) is 165 Å². The van der Waals surface area contributed by atoms with Gasteiger partial charge in [-0.25, -0.2) is 30.4 Å². The minimum Gasteiger partial charge on any atom is -0.280 e. The van der Waals surface area contributed by atoms with E-state index in [1.807, 2.05) is 0 Å². The van der Waals surface area contributed by atoms with Crippen LogP contribution in [0.3, 0.4) is 0 Å². The molecule has 4 N–H and O–H groups in total. The summed E-state index contributed by atoms with van der Waals surface area (Å²) in [4.78, 5) is 3.35. The molecule has 1 heterocycles. The molecule has 1 aliphatic rings. The van der Waals surface area contributed by atoms with Gasteiger partial charge in [0.25, 0.3) is 20.0 Å². The fourth-order valence-corrected chi connectivity index (χ4v) is 5.40. The van der Waals surface area contributed by atoms with E-state index in [1.54, 1.807) is 0 Å². The van der Waals surface area contributed by atoms with Gasteiger partial charge in [0.1, 0.15) is 5.84 Å². The van der Waals surface area contributed by atoms with E-state index in [-0.39, 0.29) is 20.4 Å². The highest BCUT2D eigenvalue weighted by molar-refractivity contribution is 7.93. The Morgan fingerprint density at radius 1 is 0.793 bits per heavy atom. The molecule has 29 heavy (non-hydrogen) atoms. The summed E-state index contributed by atoms with van der Waals surface area (Å²) in [5.74, 6) is 0.393. The van der Waals surface area contributed by atoms with Crippen LogP contribution < -0.4 is 14.6 Å². The Hall–Kier alpha value is -2.48. The van der Waals surface area contributed by atoms with Crippen LogP contribution in [0.5, 0.6) is 0 Å². The van der Waals surface area contributed by atoms with Crippen LogP contribution in [0.15, 0.2) is 68.2 Å². The van der Waals surface area contributed by atoms with Gasteiger partial charge >= 0.3 is 0 Å². The molecule has 0 radical (unpaired) electrons. The second-order valence-corrected chi connectivity index (χ2v) is 11.1. The van der Waals surface area contributed by atoms with Gasteiger partial charge in [-0.2, -0.15) is 0 Å². The molecule has 0 aromatic heterocycles. The van der Waals surface area contributed by atoms with Gasteiger partial charge in [-0.1, -0.05) is 6.07 Å². The Morgan fingerprint density at radius 3 is 2.00 bits per heavy atom. The van der Waals surface area contributed by atoms with Crippen molar-refractivity contribution in [2.24, 2.45) is 10.1 Å². The first-order valence-corrected chi connectivity index (χ1v) is 12.8. The summed E-state index contributed by atoms with van der Waals surface area (Å²) in [6.45, 7) is 0.575. The van der Waals surface area contributed by atoms with Gasteiger partial charge < -0.3 is 0 Å². The Kier molecular flexibility index (Phi) is 5.67. The van der Waals surface area contributed by atoms with Crippen LogP contribution >= 0.6 is 0 Å². The Labute approximate surface area is 169 Å². The molecular formula is C16H18N4O6S3. The third-order valence-corrected chi connectivity index (χ3v) is 7.67. The van der Waals surface area contributed by atoms with Crippen molar-refractivity contribution >= 4 is 41.6 Å². The highest BCUT2D eigenvalue weighted by Gasteiger charge is 2.20. The number of rotatable bonds is 6. The van der Waals surface area contributed by atoms with Crippen molar-refractivity contribution in [3.8, 4) is 0 Å². The van der Waals surface area contributed by atoms with Crippen LogP contribution in [-0.4, -0.2) is 37.6 Å². The standard InChI is InChI=1S/C16H18N4O6S3/c17-27(21,22)14-3-1-4-15(11-14)29(25,26)19-12-6-8-13(9-7-12)28(23,24)20-16-5-2-10-18-16/h1,3-4,6-9,11,19H,2,5,10H2,(H,18,20)(H2,17,21,22). The first-order valence-electron chi connectivity index (χ1n) is 8.29. The highest BCUT2D eigenvalue weighted by Crippen LogP contribution is 2.20. The zero-order valence-corrected chi connectivity index (χ0v) is 17.4. The minimum atomic E-state index is -4.12. The van der Waals surface area contributed by atoms with Crippen molar-refractivity contribution in [3.05, 3.63) is 48.5 Å². The number of nitrogens with two attached hydrogens (primary N) is 1. The quantitative estimate of drug-likeness (QED) is 0.573. The van der Waals surface area contributed by atoms with E-state index in [9.17, 15) is 25.3 Å². The second-order valence-electron chi connectivity index (χ2n) is 6.19. The normalized spacial score (nSPS) is 15.0. The molecule has 3 rings (SSSR count). The lowest BCUT2D eigenvalue weighted by Crippen LogP contribution is -2.29. The van der Waals surface area contributed by atoms with Gasteiger partial charge in [-0.3, -0.25) is 14.4 Å². The molecule has 10 nitrogen and oxygen atoms in total. The zero-order chi connectivity index (χ0) is 21.3. The minimum absolute atomic E-state index is 0.0497. The van der Waals surface area contributed by atoms with Crippen LogP contribution in [0.25, 0.3) is 0 Å². The van der Waals surface area contributed by atoms with E-state index in [4.69, 9.17) is 5.14 Å². The van der Waals surface area contributed by atoms with Crippen LogP contribution in [-0.2, 0) is 30.1 Å². The van der Waals surface area contributed by atoms with Crippen molar-refractivity contribution in [2.45, 2.75) is 27.5 Å². The van der Waals surface area contributed by atoms with E-state index in [0.29, 0.717) is 18.8 Å². The fourth-order valence-electron chi connectivity index (χ4n) is 2.57. The number of hydrogen-bond donors (Lipinski definition) is 3. The van der Waals surface area contributed by atoms with E-state index in [0.717, 1.165) is 12.5 Å². The highest BCUT2D eigenvalue weighted by atomic mass is 32.2. The Balaban J connectivity index is 1.80. The fraction of sp³-hybridized carbons (Fsp3) is 0.188. The molecule has 2 aromatic rings. The number of sulfonamides is 3. The molecule has 1 aliphatic heterocycles. The summed E-state index contributed by atoms with van der Waals surface area (Å²) >= 11 is 0. The monoisotopic (exact) mass is 458 g/mol. The Morgan fingerprint density at radius 2 is 1.41 bits per heavy atom. The van der Waals surface area contributed by atoms with Gasteiger partial charge in [-0.05, 0) is 48.9 Å². The molecule has 0 aliphatic carbocycles. The number of hydrogen-bond acceptors (Lipinski definition) is 7. The maximum atomic E-state index is 12.5. The average Bonchev–Trinajstić information content (AvgIpc) is 3.13. The third-order valence-electron chi connectivity index (χ3n) is 3.99. The van der Waals surface area contributed by atoms with Gasteiger partial charge in [0.2, 0.25) is 10.0 Å². The number of primary sulfonamides is 1. The summed E-state index contributed by atoms with van der Waals surface area (Å²) in [5.41, 5.74) is 0.100. The predicted octanol–water partition coefficient (Wildman–Crippen LogP) is 0.605. The second kappa shape index (κ2) is 7.74. The average molecular weight is 459 g/mol. The van der Waals surface area contributed by atoms with Crippen molar-refractivity contribution < 1.29 is 25.3 Å². The lowest BCUT2D eigenvalue weighted by molar-refractivity contribution is 0.591. The maximum absolute atomic E-state index is 12.5. The predicted molar refractivity (Wildman–Crippen MR) is 107 cm³/mol. The van der Waals surface area contributed by atoms with Gasteiger partial charge in [0, 0.05) is 18.7 Å². The number of aliphatic imine (C=N–C) groups is 1. The SMILES string of the molecule is NS(=O)(=O)c1cccc(S(=O)(=O)Nc2ccc(S(=O)(=O)NC3=NCCC3)cc2)c1. The molecule has 0 fully saturated rings. The van der Waals surface area contributed by atoms with Crippen LogP contribution in [0.2, 0.25) is 0 Å². The third kappa shape index (κ3) is 5.12. The van der Waals surface area contributed by atoms with Crippen molar-refractivity contribution in [1.82, 2.24) is 4.72 Å². The molecule has 0 spiro atoms. The summed E-state index contributed by atoms with van der Waals surface area (Å²) in [6.07, 6.45) is 1.33. The van der Waals surface area contributed by atoms with Crippen molar-refractivity contribution in [1.29, 1.82) is 0 Å². The molecular weight excluding hydrogens is 440 g/mol. The molecule has 156 valence electrons. The number of nitrogens with one attached hydrogen (secondary N) is 2. The van der Waals surface area contributed by atoms with Gasteiger partial charge in [-0.15, -0.1) is 0 Å². The van der Waals surface area contributed by atoms with E-state index in [1.165, 1.54) is 42.5 Å². The molecule has 0 unspecified atom stereocenters. The Bertz CT molecular complexity index is 1270. The van der Waals surface area contributed by atoms with E-state index < -0.39 is 30.1 Å². The molecule has 0 saturated carbocycles. The largest absolute Gasteiger partial charge is 0.280 e. The molecule has 0 saturated heterocycles. The van der Waals surface area contributed by atoms with E-state index in [2.05, 4.69) is 14.4 Å². The smallest absolute Gasteiger partial charge is 0.262 e. The first-order chi connectivity index (χ1) is 13.5. The molecule has 0 bridgehead atoms. The van der Waals surface area contributed by atoms with Gasteiger partial charge in [0.05, 0.1) is 14.7 Å². The lowest BCUT2D eigenvalue weighted by Gasteiger charge is -2.11. The summed E-state index contributed by atoms with van der Waals surface area (Å²) in [5, 5.41) is 5.02. The number of nitrogens with zero attached hydrogens (tertiary/aromatic N) is 1. The van der Waals surface area contributed by atoms with Crippen LogP contribution in [0.4, 0.5) is 5.69 Å². The van der Waals surface area contributed by atoms with Crippen molar-refractivity contribution in [2.75, 3.05) is 11.3 Å². The molecule has 2 aromatic carbocycles. The molecule has 0 atom stereocenters. The molecule has 13 heteroatoms. The summed E-state index contributed by atoms with van der Waals surface area (Å²) < 4.78 is 77.2. The number of anilines is 1. The maximum Gasteiger partial charge on any atom is 0.262 e. The zero-order valence-electron chi connectivity index (χ0n) is 14.9. The lowest BCUT2D eigenvalue weighted by atomic mass is 10.3. The van der Waals surface area contributed by atoms with Crippen LogP contribution in [0.1, 0.15) is 12.8 Å². The number of benzene rings is 2. The van der Waals surface area contributed by atoms with Crippen LogP contribution in [0, 0.1) is 0 Å². The first kappa shape index (κ1) is 21.2. The summed E-state index contributed by atoms with van der Waals surface area (Å²) in [6, 6.07) is 9.63. The van der Waals surface area contributed by atoms with Crippen molar-refractivity contribution in [3.63, 3.8) is 0 Å². The van der Waals surface area contributed by atoms with Gasteiger partial charge in [0.15, 0.2) is 0 Å². The number of amidine groups is 1. The molecule has 0 amide bonds. The van der Waals surface area contributed by atoms with E-state index >= 15 is 0 Å².